The molecule has 2 rings (SSSR count). The van der Waals surface area contributed by atoms with E-state index in [2.05, 4.69) is 41.2 Å². The van der Waals surface area contributed by atoms with Gasteiger partial charge < -0.3 is 9.73 Å². The van der Waals surface area contributed by atoms with Crippen molar-refractivity contribution in [2.45, 2.75) is 65.1 Å². The third-order valence-electron chi connectivity index (χ3n) is 3.52. The van der Waals surface area contributed by atoms with Crippen LogP contribution in [-0.4, -0.2) is 39.8 Å². The Morgan fingerprint density at radius 3 is 2.74 bits per heavy atom. The molecule has 0 aliphatic carbocycles. The van der Waals surface area contributed by atoms with Crippen molar-refractivity contribution in [1.82, 2.24) is 20.4 Å². The second kappa shape index (κ2) is 6.01. The zero-order valence-corrected chi connectivity index (χ0v) is 12.6. The number of likely N-dealkylation sites (tertiary alicyclic amines) is 1. The lowest BCUT2D eigenvalue weighted by Crippen LogP contribution is -2.49. The van der Waals surface area contributed by atoms with Crippen LogP contribution in [0.15, 0.2) is 4.42 Å². The number of aryl methyl sites for hydroxylation is 1. The fourth-order valence-electron chi connectivity index (χ4n) is 2.50. The summed E-state index contributed by atoms with van der Waals surface area (Å²) in [6.07, 6.45) is 3.82. The molecule has 0 saturated carbocycles. The number of hydrogen-bond acceptors (Lipinski definition) is 5. The van der Waals surface area contributed by atoms with E-state index in [4.69, 9.17) is 4.42 Å². The van der Waals surface area contributed by atoms with Gasteiger partial charge in [0.05, 0.1) is 6.54 Å². The Hall–Kier alpha value is -0.940. The van der Waals surface area contributed by atoms with Gasteiger partial charge in [0, 0.05) is 25.0 Å². The highest BCUT2D eigenvalue weighted by atomic mass is 16.4. The van der Waals surface area contributed by atoms with Crippen LogP contribution in [0, 0.1) is 6.92 Å². The molecule has 1 aromatic heterocycles. The predicted octanol–water partition coefficient (Wildman–Crippen LogP) is 2.12. The van der Waals surface area contributed by atoms with Crippen LogP contribution in [0.3, 0.4) is 0 Å². The highest BCUT2D eigenvalue weighted by Crippen LogP contribution is 2.19. The number of aromatic nitrogens is 2. The van der Waals surface area contributed by atoms with Gasteiger partial charge in [-0.15, -0.1) is 10.2 Å². The maximum atomic E-state index is 5.50. The first kappa shape index (κ1) is 14.5. The number of piperidine rings is 1. The van der Waals surface area contributed by atoms with Crippen molar-refractivity contribution in [3.63, 3.8) is 0 Å². The van der Waals surface area contributed by atoms with E-state index in [9.17, 15) is 0 Å². The zero-order chi connectivity index (χ0) is 13.9. The molecule has 0 radical (unpaired) electrons. The normalized spacial score (nSPS) is 21.8. The molecule has 1 atom stereocenters. The van der Waals surface area contributed by atoms with Crippen LogP contribution < -0.4 is 5.32 Å². The molecular formula is C14H26N4O. The fraction of sp³-hybridized carbons (Fsp3) is 0.857. The number of nitrogens with zero attached hydrogens (tertiary/aromatic N) is 3. The van der Waals surface area contributed by atoms with Crippen LogP contribution in [0.1, 0.15) is 51.8 Å². The van der Waals surface area contributed by atoms with Crippen molar-refractivity contribution in [2.24, 2.45) is 0 Å². The molecule has 1 saturated heterocycles. The summed E-state index contributed by atoms with van der Waals surface area (Å²) < 4.78 is 5.50. The van der Waals surface area contributed by atoms with Crippen LogP contribution in [-0.2, 0) is 6.54 Å². The fourth-order valence-corrected chi connectivity index (χ4v) is 2.50. The Labute approximate surface area is 115 Å². The lowest BCUT2D eigenvalue weighted by Gasteiger charge is -2.36. The quantitative estimate of drug-likeness (QED) is 0.904. The van der Waals surface area contributed by atoms with Crippen molar-refractivity contribution in [1.29, 1.82) is 0 Å². The van der Waals surface area contributed by atoms with Gasteiger partial charge in [0.15, 0.2) is 0 Å². The first-order valence-electron chi connectivity index (χ1n) is 7.22. The highest BCUT2D eigenvalue weighted by molar-refractivity contribution is 4.86. The SMILES string of the molecule is Cc1nnc(CN2CCCCC2CNC(C)(C)C)o1. The minimum absolute atomic E-state index is 0.171. The Balaban J connectivity index is 1.92. The van der Waals surface area contributed by atoms with Crippen molar-refractivity contribution in [3.8, 4) is 0 Å². The maximum absolute atomic E-state index is 5.50. The lowest BCUT2D eigenvalue weighted by molar-refractivity contribution is 0.119. The number of hydrogen-bond donors (Lipinski definition) is 1. The van der Waals surface area contributed by atoms with Gasteiger partial charge in [-0.3, -0.25) is 4.90 Å². The Bertz CT molecular complexity index is 396. The summed E-state index contributed by atoms with van der Waals surface area (Å²) in [7, 11) is 0. The summed E-state index contributed by atoms with van der Waals surface area (Å²) in [5.74, 6) is 1.39. The number of nitrogens with one attached hydrogen (secondary N) is 1. The average Bonchev–Trinajstić information content (AvgIpc) is 2.73. The molecule has 0 aromatic carbocycles. The van der Waals surface area contributed by atoms with Gasteiger partial charge in [0.2, 0.25) is 11.8 Å². The van der Waals surface area contributed by atoms with Gasteiger partial charge in [0.25, 0.3) is 0 Å². The van der Waals surface area contributed by atoms with Gasteiger partial charge in [-0.2, -0.15) is 0 Å². The first-order valence-corrected chi connectivity index (χ1v) is 7.22. The van der Waals surface area contributed by atoms with Crippen molar-refractivity contribution in [3.05, 3.63) is 11.8 Å². The van der Waals surface area contributed by atoms with Crippen molar-refractivity contribution < 1.29 is 4.42 Å². The summed E-state index contributed by atoms with van der Waals surface area (Å²) in [5, 5.41) is 11.6. The van der Waals surface area contributed by atoms with E-state index >= 15 is 0 Å². The second-order valence-electron chi connectivity index (χ2n) is 6.47. The van der Waals surface area contributed by atoms with Gasteiger partial charge in [-0.25, -0.2) is 0 Å². The Kier molecular flexibility index (Phi) is 4.58. The zero-order valence-electron chi connectivity index (χ0n) is 12.6. The van der Waals surface area contributed by atoms with Crippen LogP contribution in [0.5, 0.6) is 0 Å². The molecule has 0 amide bonds. The summed E-state index contributed by atoms with van der Waals surface area (Å²) in [6.45, 7) is 11.4. The molecule has 1 fully saturated rings. The Morgan fingerprint density at radius 2 is 2.11 bits per heavy atom. The van der Waals surface area contributed by atoms with Gasteiger partial charge in [-0.05, 0) is 40.2 Å². The van der Waals surface area contributed by atoms with Crippen molar-refractivity contribution >= 4 is 0 Å². The third-order valence-corrected chi connectivity index (χ3v) is 3.52. The molecule has 1 unspecified atom stereocenters. The van der Waals surface area contributed by atoms with Crippen LogP contribution in [0.25, 0.3) is 0 Å². The standard InChI is InChI=1S/C14H26N4O/c1-11-16-17-13(19-11)10-18-8-6-5-7-12(18)9-15-14(2,3)4/h12,15H,5-10H2,1-4H3. The summed E-state index contributed by atoms with van der Waals surface area (Å²) >= 11 is 0. The maximum Gasteiger partial charge on any atom is 0.230 e. The van der Waals surface area contributed by atoms with Gasteiger partial charge >= 0.3 is 0 Å². The topological polar surface area (TPSA) is 54.2 Å². The van der Waals surface area contributed by atoms with Gasteiger partial charge in [0.1, 0.15) is 0 Å². The third kappa shape index (κ3) is 4.58. The van der Waals surface area contributed by atoms with E-state index in [-0.39, 0.29) is 5.54 Å². The first-order chi connectivity index (χ1) is 8.94. The van der Waals surface area contributed by atoms with E-state index in [1.807, 2.05) is 6.92 Å². The molecule has 19 heavy (non-hydrogen) atoms. The second-order valence-corrected chi connectivity index (χ2v) is 6.47. The minimum atomic E-state index is 0.171. The lowest BCUT2D eigenvalue weighted by atomic mass is 10.0. The van der Waals surface area contributed by atoms with E-state index in [1.54, 1.807) is 0 Å². The van der Waals surface area contributed by atoms with E-state index in [0.717, 1.165) is 25.5 Å². The molecule has 1 aliphatic heterocycles. The minimum Gasteiger partial charge on any atom is -0.424 e. The molecule has 1 aromatic rings. The monoisotopic (exact) mass is 266 g/mol. The molecular weight excluding hydrogens is 240 g/mol. The molecule has 1 N–H and O–H groups in total. The summed E-state index contributed by atoms with van der Waals surface area (Å²) in [6, 6.07) is 0.570. The summed E-state index contributed by atoms with van der Waals surface area (Å²) in [5.41, 5.74) is 0.171. The van der Waals surface area contributed by atoms with Crippen molar-refractivity contribution in [2.75, 3.05) is 13.1 Å². The molecule has 2 heterocycles. The number of rotatable bonds is 4. The Morgan fingerprint density at radius 1 is 1.32 bits per heavy atom. The van der Waals surface area contributed by atoms with Crippen LogP contribution in [0.2, 0.25) is 0 Å². The summed E-state index contributed by atoms with van der Waals surface area (Å²) in [4.78, 5) is 2.47. The molecule has 0 spiro atoms. The average molecular weight is 266 g/mol. The molecule has 0 bridgehead atoms. The highest BCUT2D eigenvalue weighted by Gasteiger charge is 2.25. The van der Waals surface area contributed by atoms with E-state index in [0.29, 0.717) is 11.9 Å². The van der Waals surface area contributed by atoms with Crippen LogP contribution in [0.4, 0.5) is 0 Å². The van der Waals surface area contributed by atoms with E-state index in [1.165, 1.54) is 19.3 Å². The molecule has 5 heteroatoms. The molecule has 1 aliphatic rings. The predicted molar refractivity (Wildman–Crippen MR) is 74.8 cm³/mol. The largest absolute Gasteiger partial charge is 0.424 e. The van der Waals surface area contributed by atoms with Crippen LogP contribution >= 0.6 is 0 Å². The van der Waals surface area contributed by atoms with E-state index < -0.39 is 0 Å². The molecule has 5 nitrogen and oxygen atoms in total. The molecule has 108 valence electrons. The smallest absolute Gasteiger partial charge is 0.230 e. The van der Waals surface area contributed by atoms with Gasteiger partial charge in [-0.1, -0.05) is 6.42 Å².